The van der Waals surface area contributed by atoms with Gasteiger partial charge < -0.3 is 14.2 Å². The quantitative estimate of drug-likeness (QED) is 0.0271. The topological polar surface area (TPSA) is 78.9 Å². The van der Waals surface area contributed by atoms with Crippen LogP contribution in [0.25, 0.3) is 0 Å². The van der Waals surface area contributed by atoms with Crippen LogP contribution in [0, 0.1) is 0 Å². The number of hydrogen-bond acceptors (Lipinski definition) is 6. The van der Waals surface area contributed by atoms with Gasteiger partial charge in [0.05, 0.1) is 0 Å². The van der Waals surface area contributed by atoms with Crippen LogP contribution in [-0.4, -0.2) is 37.2 Å². The van der Waals surface area contributed by atoms with Crippen molar-refractivity contribution >= 4 is 17.9 Å². The lowest BCUT2D eigenvalue weighted by molar-refractivity contribution is -0.166. The average molecular weight is 741 g/mol. The minimum atomic E-state index is -0.804. The van der Waals surface area contributed by atoms with Crippen molar-refractivity contribution in [3.63, 3.8) is 0 Å². The van der Waals surface area contributed by atoms with Crippen LogP contribution in [0.15, 0.2) is 60.8 Å². The van der Waals surface area contributed by atoms with Crippen molar-refractivity contribution in [2.45, 2.75) is 207 Å². The minimum absolute atomic E-state index is 0.104. The Hall–Kier alpha value is -2.89. The summed E-state index contributed by atoms with van der Waals surface area (Å²) in [5.41, 5.74) is 0. The van der Waals surface area contributed by atoms with Crippen LogP contribution in [0.4, 0.5) is 0 Å². The molecule has 1 unspecified atom stereocenters. The van der Waals surface area contributed by atoms with Gasteiger partial charge in [0.1, 0.15) is 13.2 Å². The summed E-state index contributed by atoms with van der Waals surface area (Å²) in [6.45, 7) is 6.37. The molecule has 0 aliphatic carbocycles. The van der Waals surface area contributed by atoms with Gasteiger partial charge in [-0.15, -0.1) is 0 Å². The van der Waals surface area contributed by atoms with Crippen molar-refractivity contribution in [2.24, 2.45) is 0 Å². The van der Waals surface area contributed by atoms with Gasteiger partial charge in [-0.3, -0.25) is 14.4 Å². The van der Waals surface area contributed by atoms with Crippen LogP contribution in [-0.2, 0) is 28.6 Å². The highest BCUT2D eigenvalue weighted by atomic mass is 16.6. The lowest BCUT2D eigenvalue weighted by Gasteiger charge is -2.18. The maximum Gasteiger partial charge on any atom is 0.306 e. The normalized spacial score (nSPS) is 12.6. The van der Waals surface area contributed by atoms with E-state index in [2.05, 4.69) is 75.5 Å². The zero-order valence-electron chi connectivity index (χ0n) is 34.5. The van der Waals surface area contributed by atoms with Gasteiger partial charge in [0.2, 0.25) is 0 Å². The molecule has 0 rings (SSSR count). The molecule has 0 saturated heterocycles. The number of carbonyl (C=O) groups is 3. The summed E-state index contributed by atoms with van der Waals surface area (Å²) in [7, 11) is 0. The second kappa shape index (κ2) is 41.9. The fourth-order valence-electron chi connectivity index (χ4n) is 5.69. The molecular weight excluding hydrogens is 661 g/mol. The van der Waals surface area contributed by atoms with Crippen LogP contribution >= 0.6 is 0 Å². The van der Waals surface area contributed by atoms with E-state index in [1.807, 2.05) is 6.08 Å². The number of allylic oxidation sites excluding steroid dienone is 10. The lowest BCUT2D eigenvalue weighted by atomic mass is 10.1. The molecule has 0 aromatic heterocycles. The molecule has 0 radical (unpaired) electrons. The molecule has 0 saturated carbocycles. The maximum absolute atomic E-state index is 12.7. The summed E-state index contributed by atoms with van der Waals surface area (Å²) < 4.78 is 16.6. The summed E-state index contributed by atoms with van der Waals surface area (Å²) in [6, 6.07) is 0. The van der Waals surface area contributed by atoms with Crippen LogP contribution in [0.3, 0.4) is 0 Å². The van der Waals surface area contributed by atoms with Crippen LogP contribution in [0.2, 0.25) is 0 Å². The first-order chi connectivity index (χ1) is 26.0. The van der Waals surface area contributed by atoms with E-state index < -0.39 is 6.10 Å². The van der Waals surface area contributed by atoms with E-state index in [-0.39, 0.29) is 37.5 Å². The van der Waals surface area contributed by atoms with Crippen molar-refractivity contribution in [3.8, 4) is 0 Å². The largest absolute Gasteiger partial charge is 0.462 e. The molecule has 1 atom stereocenters. The SMILES string of the molecule is CC/C=C\C/C=C\CCCCCCCC(=O)OC(COC(=O)CC/C=C\C/C=C\CCCCCCCC)COC(=O)CCCCCC/C=C\CCCC. The number of hydrogen-bond donors (Lipinski definition) is 0. The van der Waals surface area contributed by atoms with Crippen molar-refractivity contribution in [1.29, 1.82) is 0 Å². The molecule has 0 N–H and O–H groups in total. The lowest BCUT2D eigenvalue weighted by Crippen LogP contribution is -2.30. The number of unbranched alkanes of at least 4 members (excludes halogenated alkanes) is 17. The summed E-state index contributed by atoms with van der Waals surface area (Å²) >= 11 is 0. The Bertz CT molecular complexity index is 991. The van der Waals surface area contributed by atoms with E-state index in [9.17, 15) is 14.4 Å². The highest BCUT2D eigenvalue weighted by Crippen LogP contribution is 2.12. The van der Waals surface area contributed by atoms with E-state index in [1.165, 1.54) is 51.4 Å². The van der Waals surface area contributed by atoms with Gasteiger partial charge in [0.25, 0.3) is 0 Å². The fraction of sp³-hybridized carbons (Fsp3) is 0.723. The van der Waals surface area contributed by atoms with E-state index in [0.29, 0.717) is 19.3 Å². The zero-order valence-corrected chi connectivity index (χ0v) is 34.5. The molecule has 0 bridgehead atoms. The summed E-state index contributed by atoms with van der Waals surface area (Å²) in [5, 5.41) is 0. The Balaban J connectivity index is 4.49. The third-order valence-electron chi connectivity index (χ3n) is 8.99. The van der Waals surface area contributed by atoms with E-state index in [1.54, 1.807) is 0 Å². The van der Waals surface area contributed by atoms with E-state index >= 15 is 0 Å². The molecule has 0 aliphatic heterocycles. The Morgan fingerprint density at radius 3 is 1.32 bits per heavy atom. The van der Waals surface area contributed by atoms with Gasteiger partial charge in [-0.25, -0.2) is 0 Å². The van der Waals surface area contributed by atoms with E-state index in [4.69, 9.17) is 14.2 Å². The highest BCUT2D eigenvalue weighted by molar-refractivity contribution is 5.71. The maximum atomic E-state index is 12.7. The summed E-state index contributed by atoms with van der Waals surface area (Å²) in [4.78, 5) is 37.6. The third-order valence-corrected chi connectivity index (χ3v) is 8.99. The predicted octanol–water partition coefficient (Wildman–Crippen LogP) is 13.7. The molecule has 0 heterocycles. The van der Waals surface area contributed by atoms with Gasteiger partial charge in [0, 0.05) is 19.3 Å². The van der Waals surface area contributed by atoms with Crippen molar-refractivity contribution in [1.82, 2.24) is 0 Å². The van der Waals surface area contributed by atoms with Gasteiger partial charge in [0.15, 0.2) is 6.10 Å². The zero-order chi connectivity index (χ0) is 38.7. The number of rotatable bonds is 38. The number of esters is 3. The number of carbonyl (C=O) groups excluding carboxylic acids is 3. The smallest absolute Gasteiger partial charge is 0.306 e. The number of ether oxygens (including phenoxy) is 3. The first-order valence-corrected chi connectivity index (χ1v) is 21.8. The predicted molar refractivity (Wildman–Crippen MR) is 224 cm³/mol. The second-order valence-corrected chi connectivity index (χ2v) is 14.2. The van der Waals surface area contributed by atoms with Crippen molar-refractivity contribution in [3.05, 3.63) is 60.8 Å². The molecule has 304 valence electrons. The first-order valence-electron chi connectivity index (χ1n) is 21.8. The monoisotopic (exact) mass is 741 g/mol. The molecule has 0 spiro atoms. The van der Waals surface area contributed by atoms with Crippen LogP contribution in [0.1, 0.15) is 201 Å². The molecule has 0 aromatic carbocycles. The van der Waals surface area contributed by atoms with Gasteiger partial charge >= 0.3 is 17.9 Å². The van der Waals surface area contributed by atoms with Crippen molar-refractivity contribution in [2.75, 3.05) is 13.2 Å². The first kappa shape index (κ1) is 50.1. The van der Waals surface area contributed by atoms with Gasteiger partial charge in [-0.2, -0.15) is 0 Å². The molecular formula is C47H80O6. The summed E-state index contributed by atoms with van der Waals surface area (Å²) in [6.07, 6.45) is 49.3. The van der Waals surface area contributed by atoms with Gasteiger partial charge in [-0.05, 0) is 83.5 Å². The Morgan fingerprint density at radius 1 is 0.396 bits per heavy atom. The molecule has 0 aliphatic rings. The summed E-state index contributed by atoms with van der Waals surface area (Å²) in [5.74, 6) is -1.01. The van der Waals surface area contributed by atoms with Crippen molar-refractivity contribution < 1.29 is 28.6 Å². The molecule has 0 amide bonds. The Morgan fingerprint density at radius 2 is 0.792 bits per heavy atom. The average Bonchev–Trinajstić information content (AvgIpc) is 3.15. The molecule has 6 nitrogen and oxygen atoms in total. The standard InChI is InChI=1S/C47H80O6/c1-4-7-10-13-16-19-22-24-26-28-31-34-37-40-46(49)52-43-44(42-51-45(48)39-36-33-30-27-21-18-15-12-9-6-3)53-47(50)41-38-35-32-29-25-23-20-17-14-11-8-5-2/h8,11,15,17-18,20,24,26,31,34,44H,4-7,9-10,12-14,16,19,21-23,25,27-30,32-33,35-43H2,1-3H3/b11-8-,18-15-,20-17-,26-24-,34-31-. The molecule has 0 fully saturated rings. The van der Waals surface area contributed by atoms with Gasteiger partial charge in [-0.1, -0.05) is 159 Å². The highest BCUT2D eigenvalue weighted by Gasteiger charge is 2.19. The molecule has 53 heavy (non-hydrogen) atoms. The minimum Gasteiger partial charge on any atom is -0.462 e. The molecule has 0 aromatic rings. The Kier molecular flexibility index (Phi) is 39.6. The second-order valence-electron chi connectivity index (χ2n) is 14.2. The molecule has 6 heteroatoms. The van der Waals surface area contributed by atoms with Crippen LogP contribution in [0.5, 0.6) is 0 Å². The Labute approximate surface area is 326 Å². The third kappa shape index (κ3) is 40.1. The fourth-order valence-corrected chi connectivity index (χ4v) is 5.69. The van der Waals surface area contributed by atoms with Crippen LogP contribution < -0.4 is 0 Å². The van der Waals surface area contributed by atoms with E-state index in [0.717, 1.165) is 103 Å².